The molecule has 5 heteroatoms. The number of carbonyl (C=O) groups excluding carboxylic acids is 1. The first-order chi connectivity index (χ1) is 8.76. The summed E-state index contributed by atoms with van der Waals surface area (Å²) in [7, 11) is 2.98. The minimum atomic E-state index is 0.390. The lowest BCUT2D eigenvalue weighted by atomic mass is 10.2. The van der Waals surface area contributed by atoms with Gasteiger partial charge in [0.15, 0.2) is 11.5 Å². The van der Waals surface area contributed by atoms with Crippen LogP contribution in [0.2, 0.25) is 0 Å². The van der Waals surface area contributed by atoms with Crippen LogP contribution < -0.4 is 14.2 Å². The zero-order chi connectivity index (χ0) is 13.4. The Balaban J connectivity index is 2.93. The molecule has 0 saturated carbocycles. The Kier molecular flexibility index (Phi) is 5.52. The van der Waals surface area contributed by atoms with E-state index in [0.29, 0.717) is 48.5 Å². The van der Waals surface area contributed by atoms with Crippen LogP contribution in [0.5, 0.6) is 17.2 Å². The van der Waals surface area contributed by atoms with Gasteiger partial charge in [0.1, 0.15) is 6.29 Å². The van der Waals surface area contributed by atoms with Crippen LogP contribution in [0.25, 0.3) is 0 Å². The monoisotopic (exact) mass is 249 g/mol. The summed E-state index contributed by atoms with van der Waals surface area (Å²) in [6.45, 7) is 0.390. The predicted molar refractivity (Wildman–Crippen MR) is 65.3 cm³/mol. The lowest BCUT2D eigenvalue weighted by Gasteiger charge is -2.14. The molecule has 0 heterocycles. The SMILES string of the molecule is COc1cc(C=O)cc(OC)c1OCCCC#N. The smallest absolute Gasteiger partial charge is 0.203 e. The van der Waals surface area contributed by atoms with E-state index in [2.05, 4.69) is 0 Å². The highest BCUT2D eigenvalue weighted by Crippen LogP contribution is 2.38. The molecule has 1 rings (SSSR count). The van der Waals surface area contributed by atoms with Crippen LogP contribution in [0.3, 0.4) is 0 Å². The van der Waals surface area contributed by atoms with Crippen molar-refractivity contribution in [2.75, 3.05) is 20.8 Å². The molecule has 0 unspecified atom stereocenters. The summed E-state index contributed by atoms with van der Waals surface area (Å²) >= 11 is 0. The molecule has 0 atom stereocenters. The molecule has 0 saturated heterocycles. The average Bonchev–Trinajstić information content (AvgIpc) is 2.42. The zero-order valence-electron chi connectivity index (χ0n) is 10.4. The van der Waals surface area contributed by atoms with E-state index >= 15 is 0 Å². The summed E-state index contributed by atoms with van der Waals surface area (Å²) in [5, 5.41) is 8.44. The molecule has 1 aromatic rings. The minimum Gasteiger partial charge on any atom is -0.493 e. The summed E-state index contributed by atoms with van der Waals surface area (Å²) < 4.78 is 15.9. The minimum absolute atomic E-state index is 0.390. The number of benzene rings is 1. The summed E-state index contributed by atoms with van der Waals surface area (Å²) in [5.74, 6) is 1.32. The van der Waals surface area contributed by atoms with Gasteiger partial charge < -0.3 is 14.2 Å². The van der Waals surface area contributed by atoms with Crippen LogP contribution in [0, 0.1) is 11.3 Å². The van der Waals surface area contributed by atoms with Crippen molar-refractivity contribution in [3.63, 3.8) is 0 Å². The lowest BCUT2D eigenvalue weighted by molar-refractivity contribution is 0.112. The summed E-state index contributed by atoms with van der Waals surface area (Å²) in [6, 6.07) is 5.20. The second-order valence-electron chi connectivity index (χ2n) is 3.48. The second kappa shape index (κ2) is 7.17. The highest BCUT2D eigenvalue weighted by atomic mass is 16.5. The molecule has 0 aliphatic rings. The predicted octanol–water partition coefficient (Wildman–Crippen LogP) is 2.20. The van der Waals surface area contributed by atoms with Crippen LogP contribution >= 0.6 is 0 Å². The molecular weight excluding hydrogens is 234 g/mol. The van der Waals surface area contributed by atoms with Gasteiger partial charge in [0.25, 0.3) is 0 Å². The number of aldehydes is 1. The highest BCUT2D eigenvalue weighted by Gasteiger charge is 2.13. The summed E-state index contributed by atoms with van der Waals surface area (Å²) in [6.07, 6.45) is 1.76. The fourth-order valence-electron chi connectivity index (χ4n) is 1.44. The van der Waals surface area contributed by atoms with Crippen molar-refractivity contribution in [1.82, 2.24) is 0 Å². The van der Waals surface area contributed by atoms with Crippen molar-refractivity contribution in [2.45, 2.75) is 12.8 Å². The Labute approximate surface area is 106 Å². The van der Waals surface area contributed by atoms with Gasteiger partial charge in [-0.3, -0.25) is 4.79 Å². The average molecular weight is 249 g/mol. The Morgan fingerprint density at radius 1 is 1.28 bits per heavy atom. The van der Waals surface area contributed by atoms with Gasteiger partial charge in [-0.15, -0.1) is 0 Å². The Morgan fingerprint density at radius 3 is 2.33 bits per heavy atom. The molecule has 0 radical (unpaired) electrons. The molecule has 1 aromatic carbocycles. The van der Waals surface area contributed by atoms with E-state index in [1.807, 2.05) is 6.07 Å². The van der Waals surface area contributed by atoms with Crippen molar-refractivity contribution in [3.8, 4) is 23.3 Å². The van der Waals surface area contributed by atoms with E-state index in [9.17, 15) is 4.79 Å². The Morgan fingerprint density at radius 2 is 1.89 bits per heavy atom. The van der Waals surface area contributed by atoms with Crippen LogP contribution in [0.4, 0.5) is 0 Å². The molecule has 18 heavy (non-hydrogen) atoms. The normalized spacial score (nSPS) is 9.39. The van der Waals surface area contributed by atoms with Gasteiger partial charge in [-0.05, 0) is 18.6 Å². The highest BCUT2D eigenvalue weighted by molar-refractivity contribution is 5.78. The van der Waals surface area contributed by atoms with Gasteiger partial charge in [0.05, 0.1) is 26.9 Å². The van der Waals surface area contributed by atoms with E-state index < -0.39 is 0 Å². The van der Waals surface area contributed by atoms with Crippen molar-refractivity contribution in [2.24, 2.45) is 0 Å². The van der Waals surface area contributed by atoms with Gasteiger partial charge in [-0.1, -0.05) is 0 Å². The van der Waals surface area contributed by atoms with Crippen molar-refractivity contribution in [3.05, 3.63) is 17.7 Å². The molecule has 0 fully saturated rings. The standard InChI is InChI=1S/C13H15NO4/c1-16-11-7-10(9-15)8-12(17-2)13(11)18-6-4-3-5-14/h7-9H,3-4,6H2,1-2H3. The molecular formula is C13H15NO4. The van der Waals surface area contributed by atoms with Gasteiger partial charge in [0, 0.05) is 12.0 Å². The number of rotatable bonds is 7. The van der Waals surface area contributed by atoms with Crippen LogP contribution in [0.15, 0.2) is 12.1 Å². The molecule has 0 spiro atoms. The maximum Gasteiger partial charge on any atom is 0.203 e. The number of methoxy groups -OCH3 is 2. The van der Waals surface area contributed by atoms with Crippen LogP contribution in [-0.2, 0) is 0 Å². The number of nitriles is 1. The number of ether oxygens (including phenoxy) is 3. The van der Waals surface area contributed by atoms with Crippen LogP contribution in [0.1, 0.15) is 23.2 Å². The van der Waals surface area contributed by atoms with E-state index in [1.165, 1.54) is 14.2 Å². The van der Waals surface area contributed by atoms with Crippen molar-refractivity contribution >= 4 is 6.29 Å². The largest absolute Gasteiger partial charge is 0.493 e. The molecule has 0 aliphatic carbocycles. The number of nitrogens with zero attached hydrogens (tertiary/aromatic N) is 1. The van der Waals surface area contributed by atoms with Crippen molar-refractivity contribution < 1.29 is 19.0 Å². The van der Waals surface area contributed by atoms with E-state index in [-0.39, 0.29) is 0 Å². The van der Waals surface area contributed by atoms with Gasteiger partial charge in [0.2, 0.25) is 5.75 Å². The van der Waals surface area contributed by atoms with Gasteiger partial charge in [-0.2, -0.15) is 5.26 Å². The first kappa shape index (κ1) is 13.8. The van der Waals surface area contributed by atoms with E-state index in [1.54, 1.807) is 12.1 Å². The Hall–Kier alpha value is -2.22. The second-order valence-corrected chi connectivity index (χ2v) is 3.48. The molecule has 0 bridgehead atoms. The zero-order valence-corrected chi connectivity index (χ0v) is 10.4. The summed E-state index contributed by atoms with van der Waals surface area (Å²) in [5.41, 5.74) is 0.452. The fraction of sp³-hybridized carbons (Fsp3) is 0.385. The van der Waals surface area contributed by atoms with E-state index in [4.69, 9.17) is 19.5 Å². The quantitative estimate of drug-likeness (QED) is 0.547. The van der Waals surface area contributed by atoms with Crippen LogP contribution in [-0.4, -0.2) is 27.1 Å². The first-order valence-corrected chi connectivity index (χ1v) is 5.47. The third-order valence-electron chi connectivity index (χ3n) is 2.30. The number of hydrogen-bond donors (Lipinski definition) is 0. The maximum atomic E-state index is 10.8. The summed E-state index contributed by atoms with van der Waals surface area (Å²) in [4.78, 5) is 10.8. The third-order valence-corrected chi connectivity index (χ3v) is 2.30. The number of unbranched alkanes of at least 4 members (excludes halogenated alkanes) is 1. The van der Waals surface area contributed by atoms with Crippen molar-refractivity contribution in [1.29, 1.82) is 5.26 Å². The topological polar surface area (TPSA) is 68.6 Å². The Bertz CT molecular complexity index is 426. The first-order valence-electron chi connectivity index (χ1n) is 5.47. The molecule has 0 aromatic heterocycles. The maximum absolute atomic E-state index is 10.8. The molecule has 5 nitrogen and oxygen atoms in total. The van der Waals surface area contributed by atoms with Gasteiger partial charge in [-0.25, -0.2) is 0 Å². The third kappa shape index (κ3) is 3.39. The number of hydrogen-bond acceptors (Lipinski definition) is 5. The van der Waals surface area contributed by atoms with Gasteiger partial charge >= 0.3 is 0 Å². The molecule has 96 valence electrons. The molecule has 0 N–H and O–H groups in total. The fourth-order valence-corrected chi connectivity index (χ4v) is 1.44. The molecule has 0 aliphatic heterocycles. The lowest BCUT2D eigenvalue weighted by Crippen LogP contribution is -2.02. The molecule has 0 amide bonds. The van der Waals surface area contributed by atoms with E-state index in [0.717, 1.165) is 0 Å². The number of carbonyl (C=O) groups is 1.